The van der Waals surface area contributed by atoms with E-state index in [9.17, 15) is 9.18 Å². The molecule has 0 N–H and O–H groups in total. The van der Waals surface area contributed by atoms with Crippen LogP contribution in [-0.4, -0.2) is 45.2 Å². The van der Waals surface area contributed by atoms with E-state index in [0.717, 1.165) is 0 Å². The molecule has 0 spiro atoms. The molecular formula is C18H20FNO4. The maximum atomic E-state index is 12.8. The number of ether oxygens (including phenoxy) is 3. The maximum absolute atomic E-state index is 12.8. The monoisotopic (exact) mass is 333 g/mol. The van der Waals surface area contributed by atoms with E-state index in [2.05, 4.69) is 0 Å². The van der Waals surface area contributed by atoms with E-state index in [4.69, 9.17) is 14.2 Å². The highest BCUT2D eigenvalue weighted by atomic mass is 19.1. The summed E-state index contributed by atoms with van der Waals surface area (Å²) < 4.78 is 28.7. The third kappa shape index (κ3) is 4.38. The van der Waals surface area contributed by atoms with Gasteiger partial charge in [0.1, 0.15) is 18.2 Å². The Morgan fingerprint density at radius 3 is 2.33 bits per heavy atom. The minimum absolute atomic E-state index is 0.154. The maximum Gasteiger partial charge on any atom is 0.253 e. The fourth-order valence-electron chi connectivity index (χ4n) is 2.12. The summed E-state index contributed by atoms with van der Waals surface area (Å²) in [5.41, 5.74) is 0.497. The fourth-order valence-corrected chi connectivity index (χ4v) is 2.12. The molecule has 1 amide bonds. The predicted molar refractivity (Wildman–Crippen MR) is 88.4 cm³/mol. The van der Waals surface area contributed by atoms with Crippen LogP contribution in [0.2, 0.25) is 0 Å². The van der Waals surface area contributed by atoms with Crippen molar-refractivity contribution in [2.75, 3.05) is 34.4 Å². The lowest BCUT2D eigenvalue weighted by atomic mass is 10.2. The van der Waals surface area contributed by atoms with Crippen LogP contribution in [0.3, 0.4) is 0 Å². The van der Waals surface area contributed by atoms with Gasteiger partial charge in [0.05, 0.1) is 20.8 Å². The van der Waals surface area contributed by atoms with Gasteiger partial charge in [-0.1, -0.05) is 0 Å². The van der Waals surface area contributed by atoms with Crippen molar-refractivity contribution in [2.45, 2.75) is 0 Å². The molecule has 0 aliphatic rings. The average molecular weight is 333 g/mol. The SMILES string of the molecule is COc1ccc(C(=O)N(C)CCOc2ccc(F)cc2)cc1OC. The molecule has 0 aliphatic carbocycles. The van der Waals surface area contributed by atoms with Gasteiger partial charge in [-0.3, -0.25) is 4.79 Å². The lowest BCUT2D eigenvalue weighted by molar-refractivity contribution is 0.0773. The first kappa shape index (κ1) is 17.6. The van der Waals surface area contributed by atoms with E-state index in [1.807, 2.05) is 0 Å². The first-order valence-electron chi connectivity index (χ1n) is 7.41. The van der Waals surface area contributed by atoms with Gasteiger partial charge in [0.25, 0.3) is 5.91 Å². The highest BCUT2D eigenvalue weighted by molar-refractivity contribution is 5.94. The van der Waals surface area contributed by atoms with Gasteiger partial charge in [0.15, 0.2) is 11.5 Å². The van der Waals surface area contributed by atoms with Crippen LogP contribution in [0.25, 0.3) is 0 Å². The molecule has 2 aromatic rings. The van der Waals surface area contributed by atoms with Crippen LogP contribution in [-0.2, 0) is 0 Å². The van der Waals surface area contributed by atoms with E-state index in [0.29, 0.717) is 36.0 Å². The third-order valence-corrected chi connectivity index (χ3v) is 3.49. The molecule has 0 fully saturated rings. The molecule has 5 nitrogen and oxygen atoms in total. The minimum atomic E-state index is -0.317. The number of benzene rings is 2. The average Bonchev–Trinajstić information content (AvgIpc) is 2.62. The van der Waals surface area contributed by atoms with Gasteiger partial charge in [-0.15, -0.1) is 0 Å². The van der Waals surface area contributed by atoms with Crippen molar-refractivity contribution in [3.05, 3.63) is 53.8 Å². The number of likely N-dealkylation sites (N-methyl/N-ethyl adjacent to an activating group) is 1. The smallest absolute Gasteiger partial charge is 0.253 e. The van der Waals surface area contributed by atoms with Crippen LogP contribution >= 0.6 is 0 Å². The molecule has 0 saturated carbocycles. The van der Waals surface area contributed by atoms with Crippen molar-refractivity contribution in [1.29, 1.82) is 0 Å². The zero-order valence-electron chi connectivity index (χ0n) is 13.9. The highest BCUT2D eigenvalue weighted by Gasteiger charge is 2.14. The number of methoxy groups -OCH3 is 2. The summed E-state index contributed by atoms with van der Waals surface area (Å²) in [5, 5.41) is 0. The second-order valence-corrected chi connectivity index (χ2v) is 5.10. The zero-order chi connectivity index (χ0) is 17.5. The van der Waals surface area contributed by atoms with E-state index >= 15 is 0 Å². The van der Waals surface area contributed by atoms with E-state index < -0.39 is 0 Å². The Labute approximate surface area is 140 Å². The third-order valence-electron chi connectivity index (χ3n) is 3.49. The Morgan fingerprint density at radius 2 is 1.71 bits per heavy atom. The Balaban J connectivity index is 1.93. The molecule has 2 rings (SSSR count). The van der Waals surface area contributed by atoms with Crippen LogP contribution in [0.1, 0.15) is 10.4 Å². The molecule has 0 aromatic heterocycles. The number of amides is 1. The number of halogens is 1. The predicted octanol–water partition coefficient (Wildman–Crippen LogP) is 2.99. The van der Waals surface area contributed by atoms with Crippen molar-refractivity contribution in [2.24, 2.45) is 0 Å². The number of carbonyl (C=O) groups excluding carboxylic acids is 1. The van der Waals surface area contributed by atoms with Gasteiger partial charge in [-0.25, -0.2) is 4.39 Å². The number of hydrogen-bond donors (Lipinski definition) is 0. The molecular weight excluding hydrogens is 313 g/mol. The topological polar surface area (TPSA) is 48.0 Å². The Bertz CT molecular complexity index is 688. The van der Waals surface area contributed by atoms with Crippen LogP contribution in [0.4, 0.5) is 4.39 Å². The molecule has 2 aromatic carbocycles. The summed E-state index contributed by atoms with van der Waals surface area (Å²) >= 11 is 0. The van der Waals surface area contributed by atoms with Crippen LogP contribution in [0.5, 0.6) is 17.2 Å². The normalized spacial score (nSPS) is 10.2. The molecule has 0 unspecified atom stereocenters. The van der Waals surface area contributed by atoms with Crippen molar-refractivity contribution in [3.8, 4) is 17.2 Å². The second-order valence-electron chi connectivity index (χ2n) is 5.10. The van der Waals surface area contributed by atoms with E-state index in [-0.39, 0.29) is 11.7 Å². The summed E-state index contributed by atoms with van der Waals surface area (Å²) in [5.74, 6) is 1.15. The summed E-state index contributed by atoms with van der Waals surface area (Å²) in [6, 6.07) is 10.8. The lowest BCUT2D eigenvalue weighted by Gasteiger charge is -2.18. The summed E-state index contributed by atoms with van der Waals surface area (Å²) in [6.45, 7) is 0.700. The van der Waals surface area contributed by atoms with Crippen LogP contribution in [0.15, 0.2) is 42.5 Å². The molecule has 0 atom stereocenters. The Kier molecular flexibility index (Phi) is 6.01. The Hall–Kier alpha value is -2.76. The zero-order valence-corrected chi connectivity index (χ0v) is 13.9. The van der Waals surface area contributed by atoms with Gasteiger partial charge < -0.3 is 19.1 Å². The molecule has 6 heteroatoms. The first-order chi connectivity index (χ1) is 11.5. The van der Waals surface area contributed by atoms with Gasteiger partial charge in [-0.05, 0) is 42.5 Å². The quantitative estimate of drug-likeness (QED) is 0.781. The molecule has 0 aliphatic heterocycles. The standard InChI is InChI=1S/C18H20FNO4/c1-20(10-11-24-15-7-5-14(19)6-8-15)18(21)13-4-9-16(22-2)17(12-13)23-3/h4-9,12H,10-11H2,1-3H3. The number of carbonyl (C=O) groups is 1. The number of hydrogen-bond acceptors (Lipinski definition) is 4. The Morgan fingerprint density at radius 1 is 1.04 bits per heavy atom. The summed E-state index contributed by atoms with van der Waals surface area (Å²) in [7, 11) is 4.75. The number of nitrogens with zero attached hydrogens (tertiary/aromatic N) is 1. The van der Waals surface area contributed by atoms with Crippen molar-refractivity contribution in [3.63, 3.8) is 0 Å². The van der Waals surface area contributed by atoms with Gasteiger partial charge in [0.2, 0.25) is 0 Å². The summed E-state index contributed by atoms with van der Waals surface area (Å²) in [4.78, 5) is 14.0. The minimum Gasteiger partial charge on any atom is -0.493 e. The first-order valence-corrected chi connectivity index (χ1v) is 7.41. The molecule has 0 saturated heterocycles. The summed E-state index contributed by atoms with van der Waals surface area (Å²) in [6.07, 6.45) is 0. The van der Waals surface area contributed by atoms with Crippen molar-refractivity contribution >= 4 is 5.91 Å². The van der Waals surface area contributed by atoms with Crippen molar-refractivity contribution < 1.29 is 23.4 Å². The molecule has 128 valence electrons. The van der Waals surface area contributed by atoms with Crippen LogP contribution in [0, 0.1) is 5.82 Å². The van der Waals surface area contributed by atoms with Gasteiger partial charge in [-0.2, -0.15) is 0 Å². The fraction of sp³-hybridized carbons (Fsp3) is 0.278. The van der Waals surface area contributed by atoms with E-state index in [1.165, 1.54) is 26.4 Å². The molecule has 0 heterocycles. The largest absolute Gasteiger partial charge is 0.493 e. The van der Waals surface area contributed by atoms with Gasteiger partial charge in [0, 0.05) is 12.6 Å². The molecule has 0 radical (unpaired) electrons. The molecule has 24 heavy (non-hydrogen) atoms. The highest BCUT2D eigenvalue weighted by Crippen LogP contribution is 2.27. The van der Waals surface area contributed by atoms with Crippen molar-refractivity contribution in [1.82, 2.24) is 4.90 Å². The lowest BCUT2D eigenvalue weighted by Crippen LogP contribution is -2.30. The van der Waals surface area contributed by atoms with Gasteiger partial charge >= 0.3 is 0 Å². The second kappa shape index (κ2) is 8.19. The van der Waals surface area contributed by atoms with E-state index in [1.54, 1.807) is 42.3 Å². The molecule has 0 bridgehead atoms. The van der Waals surface area contributed by atoms with Crippen LogP contribution < -0.4 is 14.2 Å². The number of rotatable bonds is 7.